The summed E-state index contributed by atoms with van der Waals surface area (Å²) in [4.78, 5) is 53.8. The third-order valence-corrected chi connectivity index (χ3v) is 9.85. The van der Waals surface area contributed by atoms with Crippen LogP contribution in [0.1, 0.15) is 23.5 Å². The number of hydrogen-bond donors (Lipinski definition) is 9. The lowest BCUT2D eigenvalue weighted by Crippen LogP contribution is -2.59. The minimum atomic E-state index is -5.67. The van der Waals surface area contributed by atoms with Gasteiger partial charge in [-0.1, -0.05) is 0 Å². The molecule has 22 nitrogen and oxygen atoms in total. The number of ketones is 1. The number of nitrogens with zero attached hydrogens (tertiary/aromatic N) is 3. The van der Waals surface area contributed by atoms with Crippen LogP contribution in [0.25, 0.3) is 11.2 Å². The molecule has 24 heteroatoms. The van der Waals surface area contributed by atoms with E-state index in [9.17, 15) is 54.0 Å². The van der Waals surface area contributed by atoms with Gasteiger partial charge in [-0.2, -0.15) is 9.29 Å². The highest BCUT2D eigenvalue weighted by atomic mass is 31.3. The quantitative estimate of drug-likeness (QED) is 0.0698. The fraction of sp³-hybridized carbons (Fsp3) is 0.500. The number of fused-ring (bicyclic) bond motifs is 1. The van der Waals surface area contributed by atoms with Gasteiger partial charge in [0, 0.05) is 5.56 Å². The number of aromatic nitrogens is 4. The smallest absolute Gasteiger partial charge is 0.483 e. The number of nitrogen functional groups attached to an aromatic ring is 1. The Bertz CT molecular complexity index is 1790. The van der Waals surface area contributed by atoms with Gasteiger partial charge in [0.25, 0.3) is 5.56 Å². The lowest BCUT2D eigenvalue weighted by molar-refractivity contribution is -0.279. The number of Topliss-reactive ketones (excluding diaryl/α,β-unsaturated/α-hetero) is 1. The lowest BCUT2D eigenvalue weighted by atomic mass is 9.99. The summed E-state index contributed by atoms with van der Waals surface area (Å²) in [5.41, 5.74) is 4.96. The Morgan fingerprint density at radius 2 is 1.60 bits per heavy atom. The first-order chi connectivity index (χ1) is 22.5. The van der Waals surface area contributed by atoms with Gasteiger partial charge in [-0.3, -0.25) is 28.2 Å². The minimum Gasteiger partial charge on any atom is -0.491 e. The Morgan fingerprint density at radius 1 is 0.958 bits per heavy atom. The predicted octanol–water partition coefficient (Wildman–Crippen LogP) is -2.34. The Hall–Kier alpha value is -3.18. The van der Waals surface area contributed by atoms with Crippen LogP contribution < -0.4 is 16.0 Å². The average molecular weight is 723 g/mol. The normalized spacial score (nSPS) is 31.7. The molecular formula is C24H31N5O17P2. The number of nitrogens with two attached hydrogens (primary N) is 1. The molecule has 2 aromatic heterocycles. The fourth-order valence-corrected chi connectivity index (χ4v) is 6.96. The van der Waals surface area contributed by atoms with E-state index in [2.05, 4.69) is 28.3 Å². The number of ether oxygens (including phenoxy) is 3. The first-order valence-electron chi connectivity index (χ1n) is 13.8. The number of phosphoric acid groups is 2. The van der Waals surface area contributed by atoms with Crippen LogP contribution in [0.3, 0.4) is 0 Å². The van der Waals surface area contributed by atoms with Crippen LogP contribution >= 0.6 is 15.6 Å². The first-order valence-corrected chi connectivity index (χ1v) is 16.8. The van der Waals surface area contributed by atoms with Crippen molar-refractivity contribution in [2.45, 2.75) is 62.2 Å². The van der Waals surface area contributed by atoms with Gasteiger partial charge in [0.2, 0.25) is 5.95 Å². The predicted molar refractivity (Wildman–Crippen MR) is 155 cm³/mol. The Labute approximate surface area is 268 Å². The van der Waals surface area contributed by atoms with Crippen LogP contribution in [-0.4, -0.2) is 123 Å². The summed E-state index contributed by atoms with van der Waals surface area (Å²) in [5.74, 6) is -0.263. The molecule has 2 saturated heterocycles. The molecule has 3 aromatic rings. The van der Waals surface area contributed by atoms with Crippen molar-refractivity contribution in [3.8, 4) is 5.75 Å². The second-order valence-electron chi connectivity index (χ2n) is 10.6. The van der Waals surface area contributed by atoms with Crippen molar-refractivity contribution in [1.82, 2.24) is 19.5 Å². The summed E-state index contributed by atoms with van der Waals surface area (Å²) in [6, 6.07) is 5.80. The van der Waals surface area contributed by atoms with Crippen molar-refractivity contribution in [3.05, 3.63) is 46.5 Å². The van der Waals surface area contributed by atoms with E-state index in [-0.39, 0.29) is 28.6 Å². The van der Waals surface area contributed by atoms with Crippen LogP contribution in [0.5, 0.6) is 5.75 Å². The van der Waals surface area contributed by atoms with Gasteiger partial charge >= 0.3 is 15.6 Å². The van der Waals surface area contributed by atoms with Crippen LogP contribution in [0.15, 0.2) is 35.4 Å². The van der Waals surface area contributed by atoms with E-state index < -0.39 is 89.7 Å². The van der Waals surface area contributed by atoms with Gasteiger partial charge < -0.3 is 55.3 Å². The zero-order valence-electron chi connectivity index (χ0n) is 24.5. The molecule has 0 aliphatic carbocycles. The average Bonchev–Trinajstić information content (AvgIpc) is 3.55. The highest BCUT2D eigenvalue weighted by Gasteiger charge is 2.50. The van der Waals surface area contributed by atoms with Gasteiger partial charge in [-0.15, -0.1) is 0 Å². The van der Waals surface area contributed by atoms with Gasteiger partial charge in [0.05, 0.1) is 12.9 Å². The third kappa shape index (κ3) is 7.83. The highest BCUT2D eigenvalue weighted by molar-refractivity contribution is 7.61. The van der Waals surface area contributed by atoms with Crippen LogP contribution in [0.2, 0.25) is 0 Å². The molecule has 0 radical (unpaired) electrons. The lowest BCUT2D eigenvalue weighted by Gasteiger charge is -2.40. The molecule has 2 aliphatic heterocycles. The maximum absolute atomic E-state index is 12.6. The van der Waals surface area contributed by atoms with E-state index in [1.165, 1.54) is 31.2 Å². The molecule has 0 bridgehead atoms. The number of carbonyl (C=O) groups excluding carboxylic acids is 1. The number of phosphoric ester groups is 2. The number of hydrogen-bond acceptors (Lipinski definition) is 18. The second kappa shape index (κ2) is 14.0. The summed E-state index contributed by atoms with van der Waals surface area (Å²) in [5, 5.41) is 51.8. The molecule has 264 valence electrons. The number of nitrogens with one attached hydrogen (secondary N) is 1. The number of rotatable bonds is 12. The van der Waals surface area contributed by atoms with Gasteiger partial charge in [-0.25, -0.2) is 14.1 Å². The highest BCUT2D eigenvalue weighted by Crippen LogP contribution is 2.61. The molecule has 0 amide bonds. The van der Waals surface area contributed by atoms with Crippen molar-refractivity contribution in [1.29, 1.82) is 0 Å². The zero-order valence-corrected chi connectivity index (χ0v) is 26.3. The maximum Gasteiger partial charge on any atom is 0.483 e. The molecular weight excluding hydrogens is 692 g/mol. The summed E-state index contributed by atoms with van der Waals surface area (Å²) < 4.78 is 56.1. The number of aromatic amines is 1. The van der Waals surface area contributed by atoms with Crippen LogP contribution in [0, 0.1) is 0 Å². The summed E-state index contributed by atoms with van der Waals surface area (Å²) in [7, 11) is -11.2. The molecule has 1 aromatic carbocycles. The van der Waals surface area contributed by atoms with Crippen molar-refractivity contribution in [2.75, 3.05) is 18.9 Å². The summed E-state index contributed by atoms with van der Waals surface area (Å²) in [6.45, 7) is -0.139. The SMILES string of the molecule is CC(=O)c1ccc(OC[C@@H]2OC(OP(=O)(O)OP(=O)(O)OC[C@H]3O[C@@H](n4cnc5c(=O)[nH]c(N)nc54)[C@H](O)[C@@H]3O)[C@@H](O)[C@H](O)[C@@H]2O)cc1. The number of H-pyrrole nitrogens is 1. The van der Waals surface area contributed by atoms with Crippen molar-refractivity contribution < 1.29 is 76.8 Å². The van der Waals surface area contributed by atoms with E-state index in [1.54, 1.807) is 0 Å². The summed E-state index contributed by atoms with van der Waals surface area (Å²) >= 11 is 0. The number of aliphatic hydroxyl groups excluding tert-OH is 5. The standard InChI is InChI=1S/C24H31N5O17P2/c1-9(30)10-2-4-11(5-3-10)41-6-12-15(31)17(33)19(35)23(44-12)45-48(39,40)46-47(37,38)42-7-13-16(32)18(34)22(43-13)29-8-26-14-20(29)27-24(25)28-21(14)36/h2-5,8,12-13,15-19,22-23,31-35H,6-7H2,1H3,(H,37,38)(H,39,40)(H3,25,27,28,36)/t12-,13+,15+,16+,17+,18+,19-,22+,23?/m0/s1. The van der Waals surface area contributed by atoms with Gasteiger partial charge in [0.15, 0.2) is 29.5 Å². The number of anilines is 1. The van der Waals surface area contributed by atoms with Gasteiger partial charge in [-0.05, 0) is 31.2 Å². The molecule has 11 atom stereocenters. The van der Waals surface area contributed by atoms with E-state index in [0.717, 1.165) is 10.9 Å². The van der Waals surface area contributed by atoms with Crippen molar-refractivity contribution in [3.63, 3.8) is 0 Å². The Balaban J connectivity index is 1.18. The molecule has 10 N–H and O–H groups in total. The monoisotopic (exact) mass is 723 g/mol. The topological polar surface area (TPSA) is 338 Å². The fourth-order valence-electron chi connectivity index (χ4n) is 4.80. The molecule has 3 unspecified atom stereocenters. The molecule has 2 fully saturated rings. The van der Waals surface area contributed by atoms with Gasteiger partial charge in [0.1, 0.15) is 55.1 Å². The molecule has 2 aliphatic rings. The molecule has 5 rings (SSSR count). The van der Waals surface area contributed by atoms with Crippen LogP contribution in [-0.2, 0) is 32.0 Å². The van der Waals surface area contributed by atoms with Crippen LogP contribution in [0.4, 0.5) is 5.95 Å². The minimum absolute atomic E-state index is 0.120. The van der Waals surface area contributed by atoms with E-state index >= 15 is 0 Å². The second-order valence-corrected chi connectivity index (χ2v) is 13.6. The van der Waals surface area contributed by atoms with Crippen molar-refractivity contribution >= 4 is 38.5 Å². The number of aliphatic hydroxyl groups is 5. The van der Waals surface area contributed by atoms with E-state index in [1.807, 2.05) is 0 Å². The molecule has 0 spiro atoms. The summed E-state index contributed by atoms with van der Waals surface area (Å²) in [6.07, 6.45) is -15.0. The van der Waals surface area contributed by atoms with E-state index in [0.29, 0.717) is 5.56 Å². The Kier molecular flexibility index (Phi) is 10.5. The number of benzene rings is 1. The van der Waals surface area contributed by atoms with Crippen molar-refractivity contribution in [2.24, 2.45) is 0 Å². The maximum atomic E-state index is 12.6. The molecule has 4 heterocycles. The zero-order chi connectivity index (χ0) is 35.1. The third-order valence-electron chi connectivity index (χ3n) is 7.25. The largest absolute Gasteiger partial charge is 0.491 e. The number of imidazole rings is 1. The Morgan fingerprint density at radius 3 is 2.27 bits per heavy atom. The van der Waals surface area contributed by atoms with E-state index in [4.69, 9.17) is 19.9 Å². The molecule has 0 saturated carbocycles. The molecule has 48 heavy (non-hydrogen) atoms. The number of carbonyl (C=O) groups is 1. The first kappa shape index (κ1) is 36.1.